The number of anilines is 1. The zero-order chi connectivity index (χ0) is 11.1. The minimum absolute atomic E-state index is 0.151. The fourth-order valence-electron chi connectivity index (χ4n) is 1.91. The summed E-state index contributed by atoms with van der Waals surface area (Å²) >= 11 is 3.54. The molecule has 0 aromatic heterocycles. The van der Waals surface area contributed by atoms with Crippen LogP contribution >= 0.6 is 15.9 Å². The van der Waals surface area contributed by atoms with Crippen molar-refractivity contribution in [2.24, 2.45) is 0 Å². The van der Waals surface area contributed by atoms with Gasteiger partial charge in [0.15, 0.2) is 0 Å². The molecule has 1 aliphatic rings. The zero-order valence-electron chi connectivity index (χ0n) is 9.45. The number of aryl methyl sites for hydroxylation is 1. The van der Waals surface area contributed by atoms with Crippen LogP contribution in [0.3, 0.4) is 0 Å². The Morgan fingerprint density at radius 1 is 1.33 bits per heavy atom. The van der Waals surface area contributed by atoms with Crippen LogP contribution in [0, 0.1) is 6.92 Å². The molecule has 0 bridgehead atoms. The van der Waals surface area contributed by atoms with Gasteiger partial charge in [0, 0.05) is 28.8 Å². The standard InChI is InChI=1S/C12H17BrN2/c1-8-4-10(13)5-9-6-15-12(2,3)7-14-11(8)9/h4-5,14-15H,6-7H2,1-3H3. The minimum atomic E-state index is 0.151. The van der Waals surface area contributed by atoms with Gasteiger partial charge in [-0.2, -0.15) is 0 Å². The van der Waals surface area contributed by atoms with Crippen molar-refractivity contribution in [1.82, 2.24) is 5.32 Å². The van der Waals surface area contributed by atoms with Crippen molar-refractivity contribution in [2.75, 3.05) is 11.9 Å². The zero-order valence-corrected chi connectivity index (χ0v) is 11.0. The molecule has 1 aliphatic heterocycles. The number of hydrogen-bond acceptors (Lipinski definition) is 2. The summed E-state index contributed by atoms with van der Waals surface area (Å²) in [5.74, 6) is 0. The number of hydrogen-bond donors (Lipinski definition) is 2. The Morgan fingerprint density at radius 2 is 2.07 bits per heavy atom. The largest absolute Gasteiger partial charge is 0.383 e. The first kappa shape index (κ1) is 11.0. The Morgan fingerprint density at radius 3 is 2.80 bits per heavy atom. The molecule has 1 aromatic carbocycles. The highest BCUT2D eigenvalue weighted by atomic mass is 79.9. The van der Waals surface area contributed by atoms with Crippen molar-refractivity contribution < 1.29 is 0 Å². The molecule has 0 atom stereocenters. The smallest absolute Gasteiger partial charge is 0.0416 e. The van der Waals surface area contributed by atoms with Gasteiger partial charge in [0.05, 0.1) is 0 Å². The lowest BCUT2D eigenvalue weighted by Gasteiger charge is -2.23. The van der Waals surface area contributed by atoms with Crippen LogP contribution in [-0.2, 0) is 6.54 Å². The highest BCUT2D eigenvalue weighted by molar-refractivity contribution is 9.10. The van der Waals surface area contributed by atoms with Crippen LogP contribution in [0.25, 0.3) is 0 Å². The molecule has 0 amide bonds. The topological polar surface area (TPSA) is 24.1 Å². The van der Waals surface area contributed by atoms with Crippen LogP contribution < -0.4 is 10.6 Å². The molecule has 3 heteroatoms. The summed E-state index contributed by atoms with van der Waals surface area (Å²) in [7, 11) is 0. The molecule has 0 unspecified atom stereocenters. The van der Waals surface area contributed by atoms with E-state index in [4.69, 9.17) is 0 Å². The molecular formula is C12H17BrN2. The van der Waals surface area contributed by atoms with Crippen molar-refractivity contribution in [2.45, 2.75) is 32.9 Å². The molecule has 0 fully saturated rings. The lowest BCUT2D eigenvalue weighted by atomic mass is 10.1. The van der Waals surface area contributed by atoms with Gasteiger partial charge in [0.2, 0.25) is 0 Å². The number of rotatable bonds is 0. The summed E-state index contributed by atoms with van der Waals surface area (Å²) in [6.45, 7) is 8.47. The molecule has 15 heavy (non-hydrogen) atoms. The summed E-state index contributed by atoms with van der Waals surface area (Å²) in [5, 5.41) is 7.08. The second-order valence-corrected chi connectivity index (χ2v) is 5.76. The molecule has 0 saturated heterocycles. The first-order chi connectivity index (χ1) is 6.98. The first-order valence-electron chi connectivity index (χ1n) is 5.26. The number of benzene rings is 1. The third-order valence-electron chi connectivity index (χ3n) is 2.85. The Kier molecular flexibility index (Phi) is 2.77. The lowest BCUT2D eigenvalue weighted by molar-refractivity contribution is 0.414. The van der Waals surface area contributed by atoms with Crippen LogP contribution in [0.5, 0.6) is 0 Å². The van der Waals surface area contributed by atoms with Crippen molar-refractivity contribution in [3.8, 4) is 0 Å². The van der Waals surface area contributed by atoms with Crippen LogP contribution in [0.1, 0.15) is 25.0 Å². The van der Waals surface area contributed by atoms with Gasteiger partial charge in [-0.05, 0) is 44.0 Å². The molecule has 82 valence electrons. The molecule has 2 nitrogen and oxygen atoms in total. The molecule has 0 aliphatic carbocycles. The van der Waals surface area contributed by atoms with Crippen LogP contribution in [0.4, 0.5) is 5.69 Å². The van der Waals surface area contributed by atoms with E-state index in [-0.39, 0.29) is 5.54 Å². The summed E-state index contributed by atoms with van der Waals surface area (Å²) in [6.07, 6.45) is 0. The van der Waals surface area contributed by atoms with Gasteiger partial charge in [-0.3, -0.25) is 0 Å². The summed E-state index contributed by atoms with van der Waals surface area (Å²) in [5.41, 5.74) is 4.08. The molecule has 0 saturated carbocycles. The normalized spacial score (nSPS) is 18.9. The number of fused-ring (bicyclic) bond motifs is 1. The van der Waals surface area contributed by atoms with E-state index in [1.807, 2.05) is 0 Å². The van der Waals surface area contributed by atoms with E-state index in [0.717, 1.165) is 17.6 Å². The van der Waals surface area contributed by atoms with E-state index in [1.54, 1.807) is 0 Å². The quantitative estimate of drug-likeness (QED) is 0.756. The van der Waals surface area contributed by atoms with Crippen LogP contribution in [0.15, 0.2) is 16.6 Å². The van der Waals surface area contributed by atoms with Gasteiger partial charge < -0.3 is 10.6 Å². The molecule has 1 aromatic rings. The van der Waals surface area contributed by atoms with Gasteiger partial charge in [0.25, 0.3) is 0 Å². The SMILES string of the molecule is Cc1cc(Br)cc2c1NCC(C)(C)NC2. The maximum atomic E-state index is 3.55. The van der Waals surface area contributed by atoms with Crippen molar-refractivity contribution in [3.05, 3.63) is 27.7 Å². The maximum Gasteiger partial charge on any atom is 0.0416 e. The Balaban J connectivity index is 2.39. The fraction of sp³-hybridized carbons (Fsp3) is 0.500. The van der Waals surface area contributed by atoms with E-state index in [0.29, 0.717) is 0 Å². The second kappa shape index (κ2) is 3.80. The summed E-state index contributed by atoms with van der Waals surface area (Å²) in [6, 6.07) is 4.34. The Labute approximate surface area is 99.6 Å². The third-order valence-corrected chi connectivity index (χ3v) is 3.30. The van der Waals surface area contributed by atoms with E-state index < -0.39 is 0 Å². The highest BCUT2D eigenvalue weighted by Gasteiger charge is 2.22. The summed E-state index contributed by atoms with van der Waals surface area (Å²) < 4.78 is 1.15. The average Bonchev–Trinajstić information content (AvgIpc) is 2.26. The third kappa shape index (κ3) is 2.34. The summed E-state index contributed by atoms with van der Waals surface area (Å²) in [4.78, 5) is 0. The number of halogens is 1. The van der Waals surface area contributed by atoms with Gasteiger partial charge >= 0.3 is 0 Å². The molecular weight excluding hydrogens is 252 g/mol. The molecule has 2 N–H and O–H groups in total. The Hall–Kier alpha value is -0.540. The van der Waals surface area contributed by atoms with Gasteiger partial charge in [0.1, 0.15) is 0 Å². The van der Waals surface area contributed by atoms with Gasteiger partial charge in [-0.1, -0.05) is 15.9 Å². The number of nitrogens with one attached hydrogen (secondary N) is 2. The monoisotopic (exact) mass is 268 g/mol. The van der Waals surface area contributed by atoms with E-state index in [1.165, 1.54) is 16.8 Å². The maximum absolute atomic E-state index is 3.55. The molecule has 2 rings (SSSR count). The van der Waals surface area contributed by atoms with Crippen molar-refractivity contribution in [3.63, 3.8) is 0 Å². The second-order valence-electron chi connectivity index (χ2n) is 4.85. The van der Waals surface area contributed by atoms with Crippen LogP contribution in [0.2, 0.25) is 0 Å². The van der Waals surface area contributed by atoms with Crippen molar-refractivity contribution >= 4 is 21.6 Å². The Bertz CT molecular complexity index is 385. The van der Waals surface area contributed by atoms with E-state index >= 15 is 0 Å². The van der Waals surface area contributed by atoms with Gasteiger partial charge in [-0.15, -0.1) is 0 Å². The first-order valence-corrected chi connectivity index (χ1v) is 6.05. The highest BCUT2D eigenvalue weighted by Crippen LogP contribution is 2.28. The predicted octanol–water partition coefficient (Wildman–Crippen LogP) is 3.05. The van der Waals surface area contributed by atoms with Crippen molar-refractivity contribution in [1.29, 1.82) is 0 Å². The van der Waals surface area contributed by atoms with E-state index in [9.17, 15) is 0 Å². The lowest BCUT2D eigenvalue weighted by Crippen LogP contribution is -2.42. The molecule has 1 heterocycles. The van der Waals surface area contributed by atoms with Crippen LogP contribution in [-0.4, -0.2) is 12.1 Å². The molecule has 0 spiro atoms. The average molecular weight is 269 g/mol. The van der Waals surface area contributed by atoms with Gasteiger partial charge in [-0.25, -0.2) is 0 Å². The fourth-order valence-corrected chi connectivity index (χ4v) is 2.53. The minimum Gasteiger partial charge on any atom is -0.383 e. The van der Waals surface area contributed by atoms with E-state index in [2.05, 4.69) is 59.5 Å². The molecule has 0 radical (unpaired) electrons. The predicted molar refractivity (Wildman–Crippen MR) is 68.3 cm³/mol.